The number of anilines is 2. The van der Waals surface area contributed by atoms with Crippen LogP contribution in [-0.2, 0) is 32.8 Å². The van der Waals surface area contributed by atoms with E-state index < -0.39 is 97.3 Å². The average Bonchev–Trinajstić information content (AvgIpc) is 1.74. The standard InChI is InChI=1S/C12H24B2O4.C10H15BN2O3.C10H13BrN2O.C6H5BrFN.C4H9NO.B24/c1-9(2)10(3,4)16-13(15-9)14-17-11(5,6)12(7,8)18-14;1-8-6-9(11(14)15)7-12-10(8)13-2-4-16-5-3-13;1-8-6-9(11)7-12-10(8)13-2-4-14-5-3-13;1-4-2-5(7)3-9-6(4)8;1-3-6-4-2-5-1;1-14(2)20(13)23(19(11)12)24(21(15(3)4)16(5)6)22(17(7)8)18(9)10/h1-8H3;6-7,14-15H,2-5H2,1H3;6-7H,2-5H2,1H3;2-3H,1H3;5H,1-4H2;. The van der Waals surface area contributed by atoms with E-state index >= 15 is 0 Å². The van der Waals surface area contributed by atoms with Crippen molar-refractivity contribution in [3.8, 4) is 0 Å². The number of aryl methyl sites for hydroxylation is 3. The summed E-state index contributed by atoms with van der Waals surface area (Å²) in [6, 6.07) is 5.53. The SMILES string of the molecule is C1COCCN1.CC1(C)OB(B2OC(C)(C)C(C)(C)O2)OC1(C)C.Cc1cc(B(O)O)cnc1N1CCOCC1.Cc1cc(Br)cnc1F.Cc1cc(Br)cnc1N1CCOCC1.[B]B([B])B([B])B(B([B])[B])B(B(B([B])[B])B([B])[B])B(B([B])[B])B([B])[B]. The Kier molecular flexibility index (Phi) is 34.6. The fraction of sp³-hybridized carbons (Fsp3) is 0.643. The van der Waals surface area contributed by atoms with E-state index in [0.29, 0.717) is 24.2 Å². The van der Waals surface area contributed by atoms with Crippen molar-refractivity contribution >= 4 is 241 Å². The van der Waals surface area contributed by atoms with Crippen molar-refractivity contribution in [3.05, 3.63) is 68.4 Å². The fourth-order valence-electron chi connectivity index (χ4n) is 9.85. The molecule has 0 atom stereocenters. The Hall–Kier alpha value is -0.707. The highest BCUT2D eigenvalue weighted by Gasteiger charge is 2.64. The van der Waals surface area contributed by atoms with E-state index in [1.54, 1.807) is 19.1 Å². The highest BCUT2D eigenvalue weighted by molar-refractivity contribution is 9.10. The number of ether oxygens (including phenoxy) is 3. The largest absolute Gasteiger partial charge is 0.490 e. The molecule has 0 saturated carbocycles. The van der Waals surface area contributed by atoms with Crippen LogP contribution in [0.15, 0.2) is 45.7 Å². The highest BCUT2D eigenvalue weighted by Crippen LogP contribution is 2.43. The minimum Gasteiger partial charge on any atom is -0.423 e. The molecule has 8 heterocycles. The van der Waals surface area contributed by atoms with Crippen LogP contribution in [0.3, 0.4) is 0 Å². The topological polar surface area (TPSA) is 162 Å². The van der Waals surface area contributed by atoms with Crippen LogP contribution in [0.2, 0.25) is 0 Å². The number of nitrogens with zero attached hydrogens (tertiary/aromatic N) is 5. The monoisotopic (exact) mass is 1270 g/mol. The van der Waals surface area contributed by atoms with Gasteiger partial charge in [0.05, 0.1) is 62.0 Å². The maximum atomic E-state index is 12.4. The predicted molar refractivity (Wildman–Crippen MR) is 392 cm³/mol. The average molecular weight is 1270 g/mol. The van der Waals surface area contributed by atoms with E-state index in [4.69, 9.17) is 143 Å². The maximum Gasteiger partial charge on any atom is 0.490 e. The van der Waals surface area contributed by atoms with Gasteiger partial charge in [0.25, 0.3) is 0 Å². The summed E-state index contributed by atoms with van der Waals surface area (Å²) in [5, 5.41) is 21.2. The van der Waals surface area contributed by atoms with Crippen molar-refractivity contribution < 1.29 is 47.3 Å². The zero-order valence-electron chi connectivity index (χ0n) is 52.7. The highest BCUT2D eigenvalue weighted by atomic mass is 79.9. The summed E-state index contributed by atoms with van der Waals surface area (Å²) in [5.41, 5.74) is 1.71. The van der Waals surface area contributed by atoms with Gasteiger partial charge in [-0.25, -0.2) is 15.0 Å². The Labute approximate surface area is 560 Å². The molecule has 0 bridgehead atoms. The van der Waals surface area contributed by atoms with E-state index in [9.17, 15) is 4.39 Å². The first-order valence-electron chi connectivity index (χ1n) is 29.1. The summed E-state index contributed by atoms with van der Waals surface area (Å²) < 4.78 is 53.6. The molecular formula is C42H66B27Br2FN6O9. The summed E-state index contributed by atoms with van der Waals surface area (Å²) in [4.78, 5) is 16.6. The van der Waals surface area contributed by atoms with Gasteiger partial charge in [-0.05, 0) is 131 Å². The van der Waals surface area contributed by atoms with Gasteiger partial charge in [-0.1, -0.05) is 6.07 Å². The lowest BCUT2D eigenvalue weighted by molar-refractivity contribution is 0.00578. The second-order valence-corrected chi connectivity index (χ2v) is 25.8. The van der Waals surface area contributed by atoms with Gasteiger partial charge in [-0.3, -0.25) is 0 Å². The van der Waals surface area contributed by atoms with Crippen molar-refractivity contribution in [3.63, 3.8) is 0 Å². The molecule has 87 heavy (non-hydrogen) atoms. The van der Waals surface area contributed by atoms with E-state index in [1.165, 1.54) is 18.0 Å². The molecule has 5 aliphatic rings. The van der Waals surface area contributed by atoms with Crippen LogP contribution in [-0.4, -0.2) is 318 Å². The van der Waals surface area contributed by atoms with Gasteiger partial charge in [0.1, 0.15) is 11.6 Å². The Morgan fingerprint density at radius 3 is 1.09 bits per heavy atom. The Balaban J connectivity index is 0.000000284. The van der Waals surface area contributed by atoms with Gasteiger partial charge in [0, 0.05) is 249 Å². The van der Waals surface area contributed by atoms with E-state index in [1.807, 2.05) is 68.5 Å². The van der Waals surface area contributed by atoms with Gasteiger partial charge in [-0.2, -0.15) is 4.39 Å². The second kappa shape index (κ2) is 37.4. The van der Waals surface area contributed by atoms with Crippen LogP contribution in [0, 0.1) is 26.7 Å². The molecule has 420 valence electrons. The molecule has 0 spiro atoms. The Bertz CT molecular complexity index is 2400. The zero-order valence-corrected chi connectivity index (χ0v) is 55.8. The summed E-state index contributed by atoms with van der Waals surface area (Å²) in [5.74, 6) is 1.57. The van der Waals surface area contributed by atoms with Crippen molar-refractivity contribution in [2.24, 2.45) is 0 Å². The van der Waals surface area contributed by atoms with Gasteiger partial charge in [0.2, 0.25) is 5.95 Å². The molecule has 3 N–H and O–H groups in total. The lowest BCUT2D eigenvalue weighted by atomic mass is 8.35. The van der Waals surface area contributed by atoms with E-state index in [-0.39, 0.29) is 22.4 Å². The normalized spacial score (nSPS) is 17.6. The molecule has 15 nitrogen and oxygen atoms in total. The van der Waals surface area contributed by atoms with Crippen LogP contribution in [0.4, 0.5) is 16.0 Å². The Morgan fingerprint density at radius 2 is 0.816 bits per heavy atom. The number of hydrogen-bond donors (Lipinski definition) is 3. The third kappa shape index (κ3) is 24.9. The first-order chi connectivity index (χ1) is 40.4. The third-order valence-electron chi connectivity index (χ3n) is 16.0. The molecule has 0 amide bonds. The van der Waals surface area contributed by atoms with E-state index in [2.05, 4.69) is 74.9 Å². The van der Waals surface area contributed by atoms with Crippen molar-refractivity contribution in [2.75, 3.05) is 88.7 Å². The maximum absolute atomic E-state index is 12.4. The third-order valence-corrected chi connectivity index (χ3v) is 16.9. The number of hydrogen-bond acceptors (Lipinski definition) is 15. The minimum atomic E-state index is -1.45. The molecule has 5 saturated heterocycles. The smallest absolute Gasteiger partial charge is 0.423 e. The van der Waals surface area contributed by atoms with Crippen LogP contribution in [0.25, 0.3) is 0 Å². The number of morpholine rings is 3. The minimum absolute atomic E-state index is 0.360. The van der Waals surface area contributed by atoms with Gasteiger partial charge >= 0.3 is 21.1 Å². The summed E-state index contributed by atoms with van der Waals surface area (Å²) in [6.07, 6.45) is -4.78. The zero-order chi connectivity index (χ0) is 65.9. The molecule has 3 aromatic heterocycles. The van der Waals surface area contributed by atoms with Gasteiger partial charge in [0.15, 0.2) is 0 Å². The number of nitrogens with one attached hydrogen (secondary N) is 1. The molecular weight excluding hydrogens is 1200 g/mol. The summed E-state index contributed by atoms with van der Waals surface area (Å²) in [7, 11) is 73.8. The van der Waals surface area contributed by atoms with Crippen LogP contribution in [0.5, 0.6) is 0 Å². The van der Waals surface area contributed by atoms with Crippen molar-refractivity contribution in [1.29, 1.82) is 0 Å². The number of aromatic nitrogens is 3. The molecule has 8 rings (SSSR count). The Morgan fingerprint density at radius 1 is 0.483 bits per heavy atom. The van der Waals surface area contributed by atoms with Crippen molar-refractivity contribution in [1.82, 2.24) is 20.3 Å². The van der Waals surface area contributed by atoms with Gasteiger partial charge < -0.3 is 58.0 Å². The first-order valence-corrected chi connectivity index (χ1v) is 30.7. The van der Waals surface area contributed by atoms with Crippen molar-refractivity contribution in [2.45, 2.75) is 98.6 Å². The first kappa shape index (κ1) is 80.5. The molecule has 26 radical (unpaired) electrons. The predicted octanol–water partition coefficient (Wildman–Crippen LogP) is -4.10. The number of rotatable bonds is 14. The second-order valence-electron chi connectivity index (χ2n) is 24.0. The van der Waals surface area contributed by atoms with Crippen LogP contribution < -0.4 is 20.6 Å². The fourth-order valence-corrected chi connectivity index (χ4v) is 10.7. The lowest BCUT2D eigenvalue weighted by Crippen LogP contribution is -2.84. The number of halogens is 3. The molecule has 0 aromatic carbocycles. The van der Waals surface area contributed by atoms with E-state index in [0.717, 1.165) is 91.8 Å². The van der Waals surface area contributed by atoms with Crippen LogP contribution in [0.1, 0.15) is 72.1 Å². The molecule has 0 unspecified atom stereocenters. The summed E-state index contributed by atoms with van der Waals surface area (Å²) >= 11 is 6.58. The lowest BCUT2D eigenvalue weighted by Gasteiger charge is -2.46. The van der Waals surface area contributed by atoms with Gasteiger partial charge in [-0.15, -0.1) is 0 Å². The van der Waals surface area contributed by atoms with Crippen LogP contribution >= 0.6 is 31.9 Å². The quantitative estimate of drug-likeness (QED) is 0.106. The summed E-state index contributed by atoms with van der Waals surface area (Å²) in [6.45, 7) is 32.3. The molecule has 45 heteroatoms. The molecule has 5 aliphatic heterocycles. The molecule has 3 aromatic rings. The number of pyridine rings is 3. The molecule has 5 fully saturated rings. The molecule has 0 aliphatic carbocycles.